The van der Waals surface area contributed by atoms with Crippen LogP contribution in [0.4, 0.5) is 8.78 Å². The largest absolute Gasteiger partial charge is 0.490 e. The summed E-state index contributed by atoms with van der Waals surface area (Å²) in [5.74, 6) is -0.782. The Hall–Kier alpha value is -1.41. The summed E-state index contributed by atoms with van der Waals surface area (Å²) in [6.07, 6.45) is 0.805. The average Bonchev–Trinajstić information content (AvgIpc) is 2.42. The molecule has 23 heavy (non-hydrogen) atoms. The highest BCUT2D eigenvalue weighted by Crippen LogP contribution is 2.38. The molecule has 0 bridgehead atoms. The third-order valence-electron chi connectivity index (χ3n) is 2.88. The summed E-state index contributed by atoms with van der Waals surface area (Å²) in [7, 11) is 0. The van der Waals surface area contributed by atoms with Gasteiger partial charge in [0.25, 0.3) is 0 Å². The van der Waals surface area contributed by atoms with Crippen molar-refractivity contribution < 1.29 is 28.2 Å². The van der Waals surface area contributed by atoms with E-state index in [1.165, 1.54) is 0 Å². The smallest absolute Gasteiger partial charge is 0.387 e. The summed E-state index contributed by atoms with van der Waals surface area (Å²) in [5.41, 5.74) is 0.747. The summed E-state index contributed by atoms with van der Waals surface area (Å²) in [4.78, 5) is 12.7. The molecule has 0 saturated carbocycles. The fourth-order valence-corrected chi connectivity index (χ4v) is 2.74. The molecule has 0 radical (unpaired) electrons. The second-order valence-electron chi connectivity index (χ2n) is 4.82. The highest BCUT2D eigenvalue weighted by molar-refractivity contribution is 9.10. The molecule has 0 aromatic heterocycles. The van der Waals surface area contributed by atoms with Gasteiger partial charge in [-0.25, -0.2) is 0 Å². The van der Waals surface area contributed by atoms with E-state index in [1.54, 1.807) is 24.0 Å². The van der Waals surface area contributed by atoms with E-state index >= 15 is 0 Å². The van der Waals surface area contributed by atoms with Crippen LogP contribution in [0, 0.1) is 0 Å². The number of rotatable bonds is 10. The van der Waals surface area contributed by atoms with Gasteiger partial charge in [-0.15, -0.1) is 0 Å². The lowest BCUT2D eigenvalue weighted by molar-refractivity contribution is -0.138. The summed E-state index contributed by atoms with van der Waals surface area (Å²) < 4.78 is 35.2. The second-order valence-corrected chi connectivity index (χ2v) is 5.68. The molecule has 0 unspecified atom stereocenters. The van der Waals surface area contributed by atoms with Gasteiger partial charge in [-0.1, -0.05) is 6.92 Å². The molecule has 0 fully saturated rings. The standard InChI is InChI=1S/C15H20BrF2NO4/c1-3-5-19(9-13(20)21)8-10-6-11(16)14(23-15(17)18)12(7-10)22-4-2/h6-7,15H,3-5,8-9H2,1-2H3,(H,20,21). The molecule has 0 saturated heterocycles. The molecule has 5 nitrogen and oxygen atoms in total. The first-order chi connectivity index (χ1) is 10.9. The minimum Gasteiger partial charge on any atom is -0.490 e. The van der Waals surface area contributed by atoms with Gasteiger partial charge in [-0.2, -0.15) is 8.78 Å². The molecular formula is C15H20BrF2NO4. The molecule has 130 valence electrons. The van der Waals surface area contributed by atoms with Crippen molar-refractivity contribution in [2.75, 3.05) is 19.7 Å². The molecule has 1 aromatic carbocycles. The lowest BCUT2D eigenvalue weighted by atomic mass is 10.2. The van der Waals surface area contributed by atoms with E-state index in [0.29, 0.717) is 24.2 Å². The number of benzene rings is 1. The van der Waals surface area contributed by atoms with Crippen LogP contribution in [0.5, 0.6) is 11.5 Å². The van der Waals surface area contributed by atoms with Gasteiger partial charge in [0.2, 0.25) is 0 Å². The molecule has 0 aliphatic carbocycles. The molecule has 0 heterocycles. The third-order valence-corrected chi connectivity index (χ3v) is 3.47. The van der Waals surface area contributed by atoms with E-state index in [2.05, 4.69) is 20.7 Å². The fraction of sp³-hybridized carbons (Fsp3) is 0.533. The molecule has 0 aliphatic heterocycles. The predicted octanol–water partition coefficient (Wildman–Crippen LogP) is 3.75. The Balaban J connectivity index is 3.04. The molecule has 0 spiro atoms. The Morgan fingerprint density at radius 2 is 2.09 bits per heavy atom. The van der Waals surface area contributed by atoms with Crippen molar-refractivity contribution in [2.24, 2.45) is 0 Å². The number of carboxylic acid groups (broad SMARTS) is 1. The maximum atomic E-state index is 12.5. The van der Waals surface area contributed by atoms with Crippen LogP contribution in [0.25, 0.3) is 0 Å². The first kappa shape index (κ1) is 19.6. The fourth-order valence-electron chi connectivity index (χ4n) is 2.16. The number of hydrogen-bond acceptors (Lipinski definition) is 4. The van der Waals surface area contributed by atoms with Gasteiger partial charge in [-0.05, 0) is 53.5 Å². The van der Waals surface area contributed by atoms with Crippen LogP contribution in [0.3, 0.4) is 0 Å². The molecule has 1 N–H and O–H groups in total. The highest BCUT2D eigenvalue weighted by atomic mass is 79.9. The van der Waals surface area contributed by atoms with Crippen molar-refractivity contribution in [2.45, 2.75) is 33.4 Å². The Labute approximate surface area is 142 Å². The maximum Gasteiger partial charge on any atom is 0.387 e. The summed E-state index contributed by atoms with van der Waals surface area (Å²) in [6, 6.07) is 3.22. The van der Waals surface area contributed by atoms with Gasteiger partial charge in [0.15, 0.2) is 11.5 Å². The summed E-state index contributed by atoms with van der Waals surface area (Å²) in [5, 5.41) is 8.95. The average molecular weight is 396 g/mol. The molecule has 1 rings (SSSR count). The van der Waals surface area contributed by atoms with Gasteiger partial charge in [0.1, 0.15) is 0 Å². The van der Waals surface area contributed by atoms with Crippen molar-refractivity contribution in [3.8, 4) is 11.5 Å². The number of halogens is 3. The maximum absolute atomic E-state index is 12.5. The van der Waals surface area contributed by atoms with Gasteiger partial charge in [-0.3, -0.25) is 9.69 Å². The number of nitrogens with zero attached hydrogens (tertiary/aromatic N) is 1. The molecule has 0 aliphatic rings. The van der Waals surface area contributed by atoms with Crippen LogP contribution < -0.4 is 9.47 Å². The SMILES string of the molecule is CCCN(CC(=O)O)Cc1cc(Br)c(OC(F)F)c(OCC)c1. The monoisotopic (exact) mass is 395 g/mol. The predicted molar refractivity (Wildman–Crippen MR) is 85.1 cm³/mol. The van der Waals surface area contributed by atoms with Crippen molar-refractivity contribution in [1.82, 2.24) is 4.90 Å². The van der Waals surface area contributed by atoms with Crippen LogP contribution >= 0.6 is 15.9 Å². The Morgan fingerprint density at radius 3 is 2.61 bits per heavy atom. The zero-order valence-corrected chi connectivity index (χ0v) is 14.6. The van der Waals surface area contributed by atoms with E-state index in [-0.39, 0.29) is 18.0 Å². The highest BCUT2D eigenvalue weighted by Gasteiger charge is 2.18. The number of carboxylic acids is 1. The van der Waals surface area contributed by atoms with Gasteiger partial charge >= 0.3 is 12.6 Å². The molecular weight excluding hydrogens is 376 g/mol. The van der Waals surface area contributed by atoms with E-state index in [0.717, 1.165) is 12.0 Å². The summed E-state index contributed by atoms with van der Waals surface area (Å²) in [6.45, 7) is 1.92. The van der Waals surface area contributed by atoms with E-state index < -0.39 is 12.6 Å². The van der Waals surface area contributed by atoms with E-state index in [9.17, 15) is 13.6 Å². The van der Waals surface area contributed by atoms with Gasteiger partial charge in [0, 0.05) is 6.54 Å². The topological polar surface area (TPSA) is 59.0 Å². The zero-order valence-electron chi connectivity index (χ0n) is 13.0. The minimum atomic E-state index is -2.96. The quantitative estimate of drug-likeness (QED) is 0.653. The van der Waals surface area contributed by atoms with E-state index in [4.69, 9.17) is 9.84 Å². The van der Waals surface area contributed by atoms with E-state index in [1.807, 2.05) is 6.92 Å². The molecule has 0 atom stereocenters. The number of carbonyl (C=O) groups is 1. The lowest BCUT2D eigenvalue weighted by Gasteiger charge is -2.21. The van der Waals surface area contributed by atoms with Crippen LogP contribution in [-0.2, 0) is 11.3 Å². The first-order valence-corrected chi connectivity index (χ1v) is 8.00. The van der Waals surface area contributed by atoms with Crippen molar-refractivity contribution in [3.63, 3.8) is 0 Å². The normalized spacial score (nSPS) is 11.1. The summed E-state index contributed by atoms with van der Waals surface area (Å²) >= 11 is 3.20. The van der Waals surface area contributed by atoms with Crippen LogP contribution in [0.15, 0.2) is 16.6 Å². The van der Waals surface area contributed by atoms with Crippen LogP contribution in [0.1, 0.15) is 25.8 Å². The first-order valence-electron chi connectivity index (χ1n) is 7.21. The number of ether oxygens (including phenoxy) is 2. The Kier molecular flexibility index (Phi) is 8.25. The van der Waals surface area contributed by atoms with Crippen molar-refractivity contribution >= 4 is 21.9 Å². The number of alkyl halides is 2. The third kappa shape index (κ3) is 6.70. The van der Waals surface area contributed by atoms with Crippen LogP contribution in [0.2, 0.25) is 0 Å². The Morgan fingerprint density at radius 1 is 1.39 bits per heavy atom. The second kappa shape index (κ2) is 9.67. The molecule has 8 heteroatoms. The minimum absolute atomic E-state index is 0.0640. The number of hydrogen-bond donors (Lipinski definition) is 1. The van der Waals surface area contributed by atoms with Crippen molar-refractivity contribution in [3.05, 3.63) is 22.2 Å². The van der Waals surface area contributed by atoms with Gasteiger partial charge in [0.05, 0.1) is 17.6 Å². The zero-order chi connectivity index (χ0) is 17.4. The molecule has 1 aromatic rings. The number of aliphatic carboxylic acids is 1. The van der Waals surface area contributed by atoms with Gasteiger partial charge < -0.3 is 14.6 Å². The molecule has 0 amide bonds. The lowest BCUT2D eigenvalue weighted by Crippen LogP contribution is -2.30. The Bertz CT molecular complexity index is 528. The van der Waals surface area contributed by atoms with Crippen molar-refractivity contribution in [1.29, 1.82) is 0 Å². The van der Waals surface area contributed by atoms with Crippen LogP contribution in [-0.4, -0.2) is 42.3 Å².